The van der Waals surface area contributed by atoms with Gasteiger partial charge in [0.1, 0.15) is 11.4 Å². The molecule has 2 heterocycles. The number of aryl methyl sites for hydroxylation is 1. The molecule has 1 N–H and O–H groups in total. The molecule has 0 amide bonds. The minimum Gasteiger partial charge on any atom is -0.478 e. The molecule has 1 aromatic heterocycles. The van der Waals surface area contributed by atoms with E-state index in [1.54, 1.807) is 12.1 Å². The van der Waals surface area contributed by atoms with Gasteiger partial charge in [-0.15, -0.1) is 0 Å². The quantitative estimate of drug-likeness (QED) is 0.839. The summed E-state index contributed by atoms with van der Waals surface area (Å²) < 4.78 is 11.3. The third-order valence-corrected chi connectivity index (χ3v) is 4.00. The maximum absolute atomic E-state index is 11.3. The Morgan fingerprint density at radius 1 is 1.41 bits per heavy atom. The Balaban J connectivity index is 2.33. The molecule has 0 saturated carbocycles. The average molecular weight is 254 g/mol. The summed E-state index contributed by atoms with van der Waals surface area (Å²) in [4.78, 5) is 17.3. The first kappa shape index (κ1) is 12.0. The molecule has 0 aliphatic carbocycles. The number of hydrogen-bond acceptors (Lipinski definition) is 4. The Kier molecular flexibility index (Phi) is 3.42. The number of hydrogen-bond donors (Lipinski definition) is 1. The fraction of sp³-hybridized carbons (Fsp3) is 0.455. The fourth-order valence-corrected chi connectivity index (χ4v) is 2.85. The predicted molar refractivity (Wildman–Crippen MR) is 66.0 cm³/mol. The van der Waals surface area contributed by atoms with Gasteiger partial charge in [0.15, 0.2) is 0 Å². The van der Waals surface area contributed by atoms with Crippen molar-refractivity contribution >= 4 is 22.6 Å². The van der Waals surface area contributed by atoms with Crippen LogP contribution in [0.2, 0.25) is 0 Å². The lowest BCUT2D eigenvalue weighted by Crippen LogP contribution is -2.39. The molecule has 0 spiro atoms. The lowest BCUT2D eigenvalue weighted by Gasteiger charge is -2.28. The summed E-state index contributed by atoms with van der Waals surface area (Å²) in [6.07, 6.45) is 0. The molecule has 6 heteroatoms. The van der Waals surface area contributed by atoms with Crippen molar-refractivity contribution in [3.8, 4) is 0 Å². The second-order valence-corrected chi connectivity index (χ2v) is 5.66. The highest BCUT2D eigenvalue weighted by atomic mass is 32.2. The highest BCUT2D eigenvalue weighted by molar-refractivity contribution is 7.85. The van der Waals surface area contributed by atoms with Crippen molar-refractivity contribution in [1.29, 1.82) is 0 Å². The average Bonchev–Trinajstić information content (AvgIpc) is 2.29. The predicted octanol–water partition coefficient (Wildman–Crippen LogP) is 0.657. The largest absolute Gasteiger partial charge is 0.478 e. The molecule has 17 heavy (non-hydrogen) atoms. The number of aromatic nitrogens is 1. The summed E-state index contributed by atoms with van der Waals surface area (Å²) in [6.45, 7) is 3.03. The van der Waals surface area contributed by atoms with E-state index >= 15 is 0 Å². The monoisotopic (exact) mass is 254 g/mol. The number of aromatic carboxylic acids is 1. The van der Waals surface area contributed by atoms with Crippen LogP contribution in [0.5, 0.6) is 0 Å². The van der Waals surface area contributed by atoms with Crippen LogP contribution in [-0.4, -0.2) is 44.9 Å². The number of rotatable bonds is 2. The van der Waals surface area contributed by atoms with Crippen LogP contribution in [0.4, 0.5) is 5.82 Å². The molecule has 1 saturated heterocycles. The summed E-state index contributed by atoms with van der Waals surface area (Å²) in [5.74, 6) is 0.678. The maximum Gasteiger partial charge on any atom is 0.339 e. The Bertz CT molecular complexity index is 466. The van der Waals surface area contributed by atoms with Gasteiger partial charge in [-0.05, 0) is 19.1 Å². The van der Waals surface area contributed by atoms with Crippen LogP contribution >= 0.6 is 0 Å². The Hall–Kier alpha value is -1.43. The maximum atomic E-state index is 11.3. The van der Waals surface area contributed by atoms with E-state index in [2.05, 4.69) is 4.98 Å². The highest BCUT2D eigenvalue weighted by Gasteiger charge is 2.21. The smallest absolute Gasteiger partial charge is 0.339 e. The van der Waals surface area contributed by atoms with Gasteiger partial charge >= 0.3 is 5.97 Å². The number of carboxylic acid groups (broad SMARTS) is 1. The van der Waals surface area contributed by atoms with Gasteiger partial charge in [-0.3, -0.25) is 4.21 Å². The minimum atomic E-state index is -0.973. The van der Waals surface area contributed by atoms with Crippen LogP contribution < -0.4 is 4.90 Å². The SMILES string of the molecule is Cc1ccc(C(=O)O)c(N2CCS(=O)CC2)n1. The molecule has 0 unspecified atom stereocenters. The molecule has 92 valence electrons. The first-order valence-electron chi connectivity index (χ1n) is 5.39. The van der Waals surface area contributed by atoms with Crippen molar-refractivity contribution in [3.63, 3.8) is 0 Å². The molecule has 1 fully saturated rings. The van der Waals surface area contributed by atoms with Crippen molar-refractivity contribution < 1.29 is 14.1 Å². The van der Waals surface area contributed by atoms with Gasteiger partial charge in [-0.2, -0.15) is 0 Å². The second kappa shape index (κ2) is 4.83. The van der Waals surface area contributed by atoms with E-state index in [1.165, 1.54) is 0 Å². The molecule has 0 radical (unpaired) electrons. The van der Waals surface area contributed by atoms with Crippen molar-refractivity contribution in [3.05, 3.63) is 23.4 Å². The van der Waals surface area contributed by atoms with Gasteiger partial charge in [0.25, 0.3) is 0 Å². The van der Waals surface area contributed by atoms with Gasteiger partial charge in [-0.25, -0.2) is 9.78 Å². The first-order valence-corrected chi connectivity index (χ1v) is 6.87. The molecular weight excluding hydrogens is 240 g/mol. The third kappa shape index (κ3) is 2.63. The fourth-order valence-electron chi connectivity index (χ4n) is 1.80. The molecule has 1 aliphatic heterocycles. The summed E-state index contributed by atoms with van der Waals surface area (Å²) in [5.41, 5.74) is 1.000. The van der Waals surface area contributed by atoms with E-state index in [0.717, 1.165) is 5.69 Å². The second-order valence-electron chi connectivity index (χ2n) is 3.96. The number of anilines is 1. The Morgan fingerprint density at radius 2 is 2.06 bits per heavy atom. The molecule has 1 aliphatic rings. The number of pyridine rings is 1. The van der Waals surface area contributed by atoms with Gasteiger partial charge < -0.3 is 10.0 Å². The third-order valence-electron chi connectivity index (χ3n) is 2.72. The zero-order valence-electron chi connectivity index (χ0n) is 9.55. The van der Waals surface area contributed by atoms with Crippen molar-refractivity contribution in [2.24, 2.45) is 0 Å². The van der Waals surface area contributed by atoms with Gasteiger partial charge in [0, 0.05) is 41.1 Å². The molecule has 0 bridgehead atoms. The van der Waals surface area contributed by atoms with E-state index in [0.29, 0.717) is 30.4 Å². The first-order chi connectivity index (χ1) is 8.08. The van der Waals surface area contributed by atoms with Gasteiger partial charge in [-0.1, -0.05) is 0 Å². The molecule has 2 rings (SSSR count). The minimum absolute atomic E-state index is 0.211. The van der Waals surface area contributed by atoms with Crippen molar-refractivity contribution in [2.75, 3.05) is 29.5 Å². The van der Waals surface area contributed by atoms with Crippen LogP contribution in [0.25, 0.3) is 0 Å². The van der Waals surface area contributed by atoms with Gasteiger partial charge in [0.05, 0.1) is 0 Å². The van der Waals surface area contributed by atoms with Crippen LogP contribution in [-0.2, 0) is 10.8 Å². The molecule has 0 atom stereocenters. The molecule has 5 nitrogen and oxygen atoms in total. The van der Waals surface area contributed by atoms with E-state index < -0.39 is 16.8 Å². The van der Waals surface area contributed by atoms with E-state index in [4.69, 9.17) is 5.11 Å². The molecule has 1 aromatic rings. The topological polar surface area (TPSA) is 70.5 Å². The van der Waals surface area contributed by atoms with Crippen LogP contribution in [0, 0.1) is 6.92 Å². The normalized spacial score (nSPS) is 17.1. The van der Waals surface area contributed by atoms with Gasteiger partial charge in [0.2, 0.25) is 0 Å². The number of nitrogens with zero attached hydrogens (tertiary/aromatic N) is 2. The van der Waals surface area contributed by atoms with Crippen LogP contribution in [0.15, 0.2) is 12.1 Å². The van der Waals surface area contributed by atoms with Crippen LogP contribution in [0.1, 0.15) is 16.1 Å². The van der Waals surface area contributed by atoms with E-state index in [1.807, 2.05) is 11.8 Å². The lowest BCUT2D eigenvalue weighted by molar-refractivity contribution is 0.0697. The Labute approximate surface area is 102 Å². The van der Waals surface area contributed by atoms with Crippen molar-refractivity contribution in [2.45, 2.75) is 6.92 Å². The summed E-state index contributed by atoms with van der Waals surface area (Å²) in [5, 5.41) is 9.11. The zero-order valence-corrected chi connectivity index (χ0v) is 10.4. The van der Waals surface area contributed by atoms with E-state index in [9.17, 15) is 9.00 Å². The lowest BCUT2D eigenvalue weighted by atomic mass is 10.2. The van der Waals surface area contributed by atoms with E-state index in [-0.39, 0.29) is 5.56 Å². The molecule has 0 aromatic carbocycles. The summed E-state index contributed by atoms with van der Waals surface area (Å²) in [7, 11) is -0.774. The highest BCUT2D eigenvalue weighted by Crippen LogP contribution is 2.20. The summed E-state index contributed by atoms with van der Waals surface area (Å²) in [6, 6.07) is 3.26. The van der Waals surface area contributed by atoms with Crippen molar-refractivity contribution in [1.82, 2.24) is 4.98 Å². The Morgan fingerprint density at radius 3 is 2.65 bits per heavy atom. The zero-order chi connectivity index (χ0) is 12.4. The standard InChI is InChI=1S/C11H14N2O3S/c1-8-2-3-9(11(14)15)10(12-8)13-4-6-17(16)7-5-13/h2-3H,4-7H2,1H3,(H,14,15). The number of carboxylic acids is 1. The number of carbonyl (C=O) groups is 1. The summed E-state index contributed by atoms with van der Waals surface area (Å²) >= 11 is 0. The van der Waals surface area contributed by atoms with Crippen LogP contribution in [0.3, 0.4) is 0 Å². The molecular formula is C11H14N2O3S.